The predicted molar refractivity (Wildman–Crippen MR) is 103 cm³/mol. The molecule has 0 saturated carbocycles. The van der Waals surface area contributed by atoms with Crippen molar-refractivity contribution >= 4 is 44.0 Å². The zero-order valence-electron chi connectivity index (χ0n) is 13.5. The zero-order valence-corrected chi connectivity index (χ0v) is 16.7. The summed E-state index contributed by atoms with van der Waals surface area (Å²) in [5, 5.41) is 14.0. The number of nitrogens with one attached hydrogen (secondary N) is 1. The second kappa shape index (κ2) is 8.87. The number of hydrazone groups is 1. The van der Waals surface area contributed by atoms with E-state index in [4.69, 9.17) is 9.47 Å². The summed E-state index contributed by atoms with van der Waals surface area (Å²) in [4.78, 5) is 12.1. The van der Waals surface area contributed by atoms with Crippen molar-refractivity contribution < 1.29 is 19.4 Å². The molecule has 0 saturated heterocycles. The number of ether oxygens (including phenoxy) is 2. The first kappa shape index (κ1) is 19.3. The van der Waals surface area contributed by atoms with E-state index in [1.807, 2.05) is 6.92 Å². The van der Waals surface area contributed by atoms with Gasteiger partial charge in [-0.25, -0.2) is 5.43 Å². The van der Waals surface area contributed by atoms with E-state index in [1.165, 1.54) is 6.21 Å². The third kappa shape index (κ3) is 4.73. The van der Waals surface area contributed by atoms with Gasteiger partial charge in [-0.2, -0.15) is 5.10 Å². The lowest BCUT2D eigenvalue weighted by atomic mass is 10.2. The van der Waals surface area contributed by atoms with Crippen LogP contribution in [0, 0.1) is 0 Å². The lowest BCUT2D eigenvalue weighted by Crippen LogP contribution is -2.17. The Morgan fingerprint density at radius 1 is 1.28 bits per heavy atom. The third-order valence-corrected chi connectivity index (χ3v) is 5.35. The Labute approximate surface area is 162 Å². The van der Waals surface area contributed by atoms with Gasteiger partial charge in [-0.3, -0.25) is 4.79 Å². The van der Waals surface area contributed by atoms with Gasteiger partial charge in [-0.1, -0.05) is 0 Å². The molecule has 6 nitrogen and oxygen atoms in total. The first-order chi connectivity index (χ1) is 12.0. The smallest absolute Gasteiger partial charge is 0.271 e. The fourth-order valence-electron chi connectivity index (χ4n) is 1.94. The molecular formula is C17H16Br2N2O4. The second-order valence-corrected chi connectivity index (χ2v) is 6.39. The van der Waals surface area contributed by atoms with Crippen molar-refractivity contribution in [2.75, 3.05) is 13.7 Å². The first-order valence-electron chi connectivity index (χ1n) is 7.29. The fraction of sp³-hybridized carbons (Fsp3) is 0.176. The Morgan fingerprint density at radius 2 is 1.96 bits per heavy atom. The quantitative estimate of drug-likeness (QED) is 0.491. The number of carbonyl (C=O) groups is 1. The van der Waals surface area contributed by atoms with Crippen molar-refractivity contribution in [1.29, 1.82) is 0 Å². The summed E-state index contributed by atoms with van der Waals surface area (Å²) < 4.78 is 11.5. The van der Waals surface area contributed by atoms with Gasteiger partial charge in [0.25, 0.3) is 5.91 Å². The lowest BCUT2D eigenvalue weighted by molar-refractivity contribution is 0.0955. The maximum absolute atomic E-state index is 12.1. The van der Waals surface area contributed by atoms with E-state index >= 15 is 0 Å². The standard InChI is InChI=1S/C17H16Br2N2O4/c1-3-25-13-8-11(14(18)15(19)16(13)22)9-20-21-17(23)10-4-6-12(24-2)7-5-10/h4-9,22H,3H2,1-2H3,(H,21,23)/b20-9+. The topological polar surface area (TPSA) is 80.2 Å². The molecule has 132 valence electrons. The minimum absolute atomic E-state index is 0.00635. The van der Waals surface area contributed by atoms with Crippen LogP contribution in [0.25, 0.3) is 0 Å². The van der Waals surface area contributed by atoms with Crippen LogP contribution in [0.5, 0.6) is 17.2 Å². The number of methoxy groups -OCH3 is 1. The third-order valence-electron chi connectivity index (χ3n) is 3.20. The average molecular weight is 472 g/mol. The molecule has 1 amide bonds. The maximum Gasteiger partial charge on any atom is 0.271 e. The molecule has 0 aromatic heterocycles. The first-order valence-corrected chi connectivity index (χ1v) is 8.87. The molecule has 8 heteroatoms. The number of phenolic OH excluding ortho intramolecular Hbond substituents is 1. The molecule has 0 spiro atoms. The summed E-state index contributed by atoms with van der Waals surface area (Å²) >= 11 is 6.65. The number of phenols is 1. The summed E-state index contributed by atoms with van der Waals surface area (Å²) in [6.45, 7) is 2.23. The van der Waals surface area contributed by atoms with Crippen LogP contribution in [-0.4, -0.2) is 30.9 Å². The van der Waals surface area contributed by atoms with E-state index in [1.54, 1.807) is 37.4 Å². The largest absolute Gasteiger partial charge is 0.503 e. The molecule has 2 N–H and O–H groups in total. The highest BCUT2D eigenvalue weighted by molar-refractivity contribution is 9.13. The number of aromatic hydroxyl groups is 1. The van der Waals surface area contributed by atoms with Crippen LogP contribution in [0.2, 0.25) is 0 Å². The van der Waals surface area contributed by atoms with E-state index in [2.05, 4.69) is 42.4 Å². The Bertz CT molecular complexity index is 792. The molecule has 0 radical (unpaired) electrons. The van der Waals surface area contributed by atoms with Crippen LogP contribution in [-0.2, 0) is 0 Å². The zero-order chi connectivity index (χ0) is 18.4. The van der Waals surface area contributed by atoms with Crippen LogP contribution in [0.15, 0.2) is 44.4 Å². The predicted octanol–water partition coefficient (Wildman–Crippen LogP) is 4.09. The van der Waals surface area contributed by atoms with E-state index in [-0.39, 0.29) is 11.7 Å². The minimum atomic E-state index is -0.349. The number of hydrogen-bond acceptors (Lipinski definition) is 5. The number of benzene rings is 2. The molecule has 2 aromatic carbocycles. The summed E-state index contributed by atoms with van der Waals surface area (Å²) in [5.41, 5.74) is 3.53. The van der Waals surface area contributed by atoms with Crippen molar-refractivity contribution in [1.82, 2.24) is 5.43 Å². The molecule has 0 aliphatic carbocycles. The number of hydrogen-bond donors (Lipinski definition) is 2. The van der Waals surface area contributed by atoms with Gasteiger partial charge in [0.15, 0.2) is 11.5 Å². The Hall–Kier alpha value is -2.06. The molecule has 25 heavy (non-hydrogen) atoms. The van der Waals surface area contributed by atoms with Gasteiger partial charge in [0.05, 0.1) is 24.4 Å². The number of nitrogens with zero attached hydrogens (tertiary/aromatic N) is 1. The minimum Gasteiger partial charge on any atom is -0.503 e. The molecule has 0 heterocycles. The molecule has 0 atom stereocenters. The Balaban J connectivity index is 2.14. The van der Waals surface area contributed by atoms with E-state index in [0.717, 1.165) is 0 Å². The van der Waals surface area contributed by atoms with Gasteiger partial charge in [-0.05, 0) is 69.1 Å². The van der Waals surface area contributed by atoms with Gasteiger partial charge in [0.1, 0.15) is 5.75 Å². The van der Waals surface area contributed by atoms with Crippen molar-refractivity contribution in [2.24, 2.45) is 5.10 Å². The van der Waals surface area contributed by atoms with E-state index in [9.17, 15) is 9.90 Å². The SMILES string of the molecule is CCOc1cc(/C=N/NC(=O)c2ccc(OC)cc2)c(Br)c(Br)c1O. The average Bonchev–Trinajstić information content (AvgIpc) is 2.63. The van der Waals surface area contributed by atoms with Gasteiger partial charge in [-0.15, -0.1) is 0 Å². The van der Waals surface area contributed by atoms with E-state index < -0.39 is 0 Å². The Kier molecular flexibility index (Phi) is 6.83. The summed E-state index contributed by atoms with van der Waals surface area (Å²) in [5.74, 6) is 0.632. The molecule has 0 aliphatic heterocycles. The van der Waals surface area contributed by atoms with Crippen molar-refractivity contribution in [3.63, 3.8) is 0 Å². The molecule has 2 aromatic rings. The highest BCUT2D eigenvalue weighted by atomic mass is 79.9. The van der Waals surface area contributed by atoms with Crippen LogP contribution < -0.4 is 14.9 Å². The van der Waals surface area contributed by atoms with Crippen LogP contribution >= 0.6 is 31.9 Å². The van der Waals surface area contributed by atoms with Crippen LogP contribution in [0.1, 0.15) is 22.8 Å². The summed E-state index contributed by atoms with van der Waals surface area (Å²) in [6, 6.07) is 8.30. The van der Waals surface area contributed by atoms with Crippen LogP contribution in [0.3, 0.4) is 0 Å². The molecule has 2 rings (SSSR count). The molecule has 0 unspecified atom stereocenters. The molecular weight excluding hydrogens is 456 g/mol. The number of carbonyl (C=O) groups excluding carboxylic acids is 1. The lowest BCUT2D eigenvalue weighted by Gasteiger charge is -2.10. The highest BCUT2D eigenvalue weighted by Gasteiger charge is 2.14. The maximum atomic E-state index is 12.1. The second-order valence-electron chi connectivity index (χ2n) is 4.80. The Morgan fingerprint density at radius 3 is 2.56 bits per heavy atom. The molecule has 0 fully saturated rings. The fourth-order valence-corrected chi connectivity index (χ4v) is 2.77. The van der Waals surface area contributed by atoms with Crippen molar-refractivity contribution in [3.8, 4) is 17.2 Å². The summed E-state index contributed by atoms with van der Waals surface area (Å²) in [7, 11) is 1.56. The van der Waals surface area contributed by atoms with Crippen molar-refractivity contribution in [2.45, 2.75) is 6.92 Å². The molecule has 0 bridgehead atoms. The highest BCUT2D eigenvalue weighted by Crippen LogP contribution is 2.41. The number of halogens is 2. The van der Waals surface area contributed by atoms with Gasteiger partial charge in [0.2, 0.25) is 0 Å². The van der Waals surface area contributed by atoms with E-state index in [0.29, 0.717) is 38.2 Å². The normalized spacial score (nSPS) is 10.7. The van der Waals surface area contributed by atoms with Crippen LogP contribution in [0.4, 0.5) is 0 Å². The van der Waals surface area contributed by atoms with Crippen molar-refractivity contribution in [3.05, 3.63) is 50.4 Å². The van der Waals surface area contributed by atoms with Gasteiger partial charge in [0, 0.05) is 15.6 Å². The number of amides is 1. The number of rotatable bonds is 6. The monoisotopic (exact) mass is 470 g/mol. The molecule has 0 aliphatic rings. The van der Waals surface area contributed by atoms with Gasteiger partial charge < -0.3 is 14.6 Å². The van der Waals surface area contributed by atoms with Gasteiger partial charge >= 0.3 is 0 Å². The summed E-state index contributed by atoms with van der Waals surface area (Å²) in [6.07, 6.45) is 1.46.